The summed E-state index contributed by atoms with van der Waals surface area (Å²) < 4.78 is 5.56. The van der Waals surface area contributed by atoms with Gasteiger partial charge in [0.1, 0.15) is 12.0 Å². The first kappa shape index (κ1) is 14.6. The average molecular weight is 319 g/mol. The van der Waals surface area contributed by atoms with Crippen molar-refractivity contribution in [3.05, 3.63) is 58.3 Å². The first-order valence-corrected chi connectivity index (χ1v) is 8.83. The van der Waals surface area contributed by atoms with Crippen molar-refractivity contribution in [3.8, 4) is 0 Å². The highest BCUT2D eigenvalue weighted by Gasteiger charge is 2.31. The minimum atomic E-state index is 0.0781. The van der Waals surface area contributed by atoms with E-state index in [9.17, 15) is 4.79 Å². The second-order valence-corrected chi connectivity index (χ2v) is 6.97. The summed E-state index contributed by atoms with van der Waals surface area (Å²) in [6.07, 6.45) is 0. The molecule has 110 valence electrons. The summed E-state index contributed by atoms with van der Waals surface area (Å²) in [6, 6.07) is 14.1. The van der Waals surface area contributed by atoms with Gasteiger partial charge in [-0.1, -0.05) is 36.4 Å². The number of thiophene rings is 1. The zero-order chi connectivity index (χ0) is 14.5. The van der Waals surface area contributed by atoms with Crippen molar-refractivity contribution < 1.29 is 9.53 Å². The maximum atomic E-state index is 12.3. The number of nitrogens with zero attached hydrogens (tertiary/aromatic N) is 1. The largest absolute Gasteiger partial charge is 0.367 e. The molecule has 1 aromatic heterocycles. The van der Waals surface area contributed by atoms with Crippen LogP contribution in [0.3, 0.4) is 0 Å². The van der Waals surface area contributed by atoms with E-state index < -0.39 is 0 Å². The van der Waals surface area contributed by atoms with Gasteiger partial charge in [0.15, 0.2) is 0 Å². The number of hydrogen-bond acceptors (Lipinski definition) is 4. The number of carbonyl (C=O) groups excluding carboxylic acids is 1. The van der Waals surface area contributed by atoms with E-state index in [1.54, 1.807) is 11.3 Å². The Kier molecular flexibility index (Phi) is 4.95. The van der Waals surface area contributed by atoms with Crippen LogP contribution in [-0.2, 0) is 16.1 Å². The molecular weight excluding hydrogens is 302 g/mol. The molecule has 0 radical (unpaired) electrons. The second kappa shape index (κ2) is 7.11. The molecule has 0 spiro atoms. The molecule has 0 saturated carbocycles. The third kappa shape index (κ3) is 3.67. The third-order valence-corrected chi connectivity index (χ3v) is 5.65. The summed E-state index contributed by atoms with van der Waals surface area (Å²) in [7, 11) is 0. The van der Waals surface area contributed by atoms with Crippen molar-refractivity contribution in [3.63, 3.8) is 0 Å². The summed E-state index contributed by atoms with van der Waals surface area (Å²) in [5, 5.41) is 2.22. The third-order valence-electron chi connectivity index (χ3n) is 3.33. The molecule has 1 unspecified atom stereocenters. The fourth-order valence-corrected chi connectivity index (χ4v) is 4.56. The van der Waals surface area contributed by atoms with Crippen molar-refractivity contribution in [2.24, 2.45) is 0 Å². The number of ether oxygens (including phenoxy) is 1. The number of amides is 1. The number of benzene rings is 1. The van der Waals surface area contributed by atoms with Gasteiger partial charge in [0, 0.05) is 17.2 Å². The molecule has 1 amide bonds. The molecule has 1 aliphatic heterocycles. The van der Waals surface area contributed by atoms with Crippen molar-refractivity contribution in [1.82, 2.24) is 4.90 Å². The zero-order valence-corrected chi connectivity index (χ0v) is 13.2. The van der Waals surface area contributed by atoms with Crippen LogP contribution in [0.5, 0.6) is 0 Å². The predicted octanol–water partition coefficient (Wildman–Crippen LogP) is 3.54. The van der Waals surface area contributed by atoms with Gasteiger partial charge in [-0.3, -0.25) is 4.79 Å². The number of hydrogen-bond donors (Lipinski definition) is 0. The normalized spacial score (nSPS) is 18.1. The van der Waals surface area contributed by atoms with Crippen LogP contribution in [0.1, 0.15) is 15.8 Å². The Morgan fingerprint density at radius 1 is 1.24 bits per heavy atom. The summed E-state index contributed by atoms with van der Waals surface area (Å²) in [5.74, 6) is 1.07. The summed E-state index contributed by atoms with van der Waals surface area (Å²) in [6.45, 7) is 1.44. The number of carbonyl (C=O) groups is 1. The lowest BCUT2D eigenvalue weighted by Gasteiger charge is -2.22. The Balaban J connectivity index is 1.53. The van der Waals surface area contributed by atoms with Crippen molar-refractivity contribution in [2.75, 3.05) is 18.9 Å². The highest BCUT2D eigenvalue weighted by Crippen LogP contribution is 2.39. The molecule has 1 saturated heterocycles. The molecule has 0 N–H and O–H groups in total. The fourth-order valence-electron chi connectivity index (χ4n) is 2.31. The van der Waals surface area contributed by atoms with Crippen molar-refractivity contribution >= 4 is 29.0 Å². The summed E-state index contributed by atoms with van der Waals surface area (Å²) in [4.78, 5) is 15.5. The van der Waals surface area contributed by atoms with Crippen LogP contribution in [0.4, 0.5) is 0 Å². The van der Waals surface area contributed by atoms with Gasteiger partial charge in [-0.25, -0.2) is 0 Å². The van der Waals surface area contributed by atoms with Gasteiger partial charge in [0.05, 0.1) is 6.61 Å². The Morgan fingerprint density at radius 3 is 2.86 bits per heavy atom. The van der Waals surface area contributed by atoms with E-state index in [0.29, 0.717) is 6.61 Å². The molecule has 2 heterocycles. The van der Waals surface area contributed by atoms with Crippen LogP contribution in [0, 0.1) is 0 Å². The molecule has 1 atom stereocenters. The standard InChI is InChI=1S/C16H17NO2S2/c18-15(12-19-11-13-5-2-1-3-6-13)17-8-10-21-16(17)14-7-4-9-20-14/h1-7,9,16H,8,10-12H2. The van der Waals surface area contributed by atoms with E-state index in [1.807, 2.05) is 53.1 Å². The van der Waals surface area contributed by atoms with Crippen molar-refractivity contribution in [2.45, 2.75) is 12.0 Å². The quantitative estimate of drug-likeness (QED) is 0.844. The first-order chi connectivity index (χ1) is 10.3. The van der Waals surface area contributed by atoms with Gasteiger partial charge in [0.2, 0.25) is 5.91 Å². The van der Waals surface area contributed by atoms with Gasteiger partial charge >= 0.3 is 0 Å². The van der Waals surface area contributed by atoms with Gasteiger partial charge in [0.25, 0.3) is 0 Å². The molecule has 1 fully saturated rings. The molecule has 0 bridgehead atoms. The lowest BCUT2D eigenvalue weighted by Crippen LogP contribution is -2.33. The Hall–Kier alpha value is -1.30. The van der Waals surface area contributed by atoms with Crippen LogP contribution in [0.25, 0.3) is 0 Å². The topological polar surface area (TPSA) is 29.5 Å². The second-order valence-electron chi connectivity index (χ2n) is 4.80. The number of thioether (sulfide) groups is 1. The number of rotatable bonds is 5. The molecule has 0 aliphatic carbocycles. The molecule has 1 aromatic carbocycles. The van der Waals surface area contributed by atoms with Crippen LogP contribution < -0.4 is 0 Å². The van der Waals surface area contributed by atoms with E-state index >= 15 is 0 Å². The maximum absolute atomic E-state index is 12.3. The fraction of sp³-hybridized carbons (Fsp3) is 0.312. The lowest BCUT2D eigenvalue weighted by atomic mass is 10.2. The van der Waals surface area contributed by atoms with Gasteiger partial charge < -0.3 is 9.64 Å². The van der Waals surface area contributed by atoms with Gasteiger partial charge in [-0.15, -0.1) is 23.1 Å². The van der Waals surface area contributed by atoms with Crippen LogP contribution in [-0.4, -0.2) is 29.7 Å². The minimum Gasteiger partial charge on any atom is -0.367 e. The molecule has 5 heteroatoms. The lowest BCUT2D eigenvalue weighted by molar-refractivity contribution is -0.136. The highest BCUT2D eigenvalue weighted by molar-refractivity contribution is 7.99. The van der Waals surface area contributed by atoms with Crippen LogP contribution >= 0.6 is 23.1 Å². The monoisotopic (exact) mass is 319 g/mol. The smallest absolute Gasteiger partial charge is 0.249 e. The summed E-state index contributed by atoms with van der Waals surface area (Å²) >= 11 is 3.53. The highest BCUT2D eigenvalue weighted by atomic mass is 32.2. The van der Waals surface area contributed by atoms with Gasteiger partial charge in [-0.2, -0.15) is 0 Å². The predicted molar refractivity (Wildman–Crippen MR) is 87.3 cm³/mol. The van der Waals surface area contributed by atoms with E-state index in [0.717, 1.165) is 17.9 Å². The molecular formula is C16H17NO2S2. The molecule has 1 aliphatic rings. The van der Waals surface area contributed by atoms with E-state index in [1.165, 1.54) is 4.88 Å². The van der Waals surface area contributed by atoms with Crippen LogP contribution in [0.15, 0.2) is 47.8 Å². The Morgan fingerprint density at radius 2 is 2.10 bits per heavy atom. The maximum Gasteiger partial charge on any atom is 0.249 e. The first-order valence-electron chi connectivity index (χ1n) is 6.91. The van der Waals surface area contributed by atoms with E-state index in [-0.39, 0.29) is 17.9 Å². The van der Waals surface area contributed by atoms with Crippen molar-refractivity contribution in [1.29, 1.82) is 0 Å². The molecule has 3 rings (SSSR count). The Bertz CT molecular complexity index is 571. The zero-order valence-electron chi connectivity index (χ0n) is 11.6. The molecule has 2 aromatic rings. The molecule has 21 heavy (non-hydrogen) atoms. The van der Waals surface area contributed by atoms with Crippen LogP contribution in [0.2, 0.25) is 0 Å². The molecule has 3 nitrogen and oxygen atoms in total. The SMILES string of the molecule is O=C(COCc1ccccc1)N1CCSC1c1cccs1. The summed E-state index contributed by atoms with van der Waals surface area (Å²) in [5.41, 5.74) is 1.09. The van der Waals surface area contributed by atoms with E-state index in [4.69, 9.17) is 4.74 Å². The average Bonchev–Trinajstić information content (AvgIpc) is 3.19. The minimum absolute atomic E-state index is 0.0781. The van der Waals surface area contributed by atoms with E-state index in [2.05, 4.69) is 11.4 Å². The van der Waals surface area contributed by atoms with Gasteiger partial charge in [-0.05, 0) is 17.0 Å². The Labute approximate surface area is 132 Å².